The molecule has 0 saturated carbocycles. The molecule has 5 nitrogen and oxygen atoms in total. The van der Waals surface area contributed by atoms with Crippen LogP contribution in [0, 0.1) is 6.92 Å². The molecule has 0 unspecified atom stereocenters. The van der Waals surface area contributed by atoms with E-state index in [-0.39, 0.29) is 0 Å². The van der Waals surface area contributed by atoms with Crippen LogP contribution in [0.5, 0.6) is 0 Å². The van der Waals surface area contributed by atoms with Gasteiger partial charge in [0.2, 0.25) is 5.16 Å². The highest BCUT2D eigenvalue weighted by Gasteiger charge is 2.06. The van der Waals surface area contributed by atoms with Crippen LogP contribution in [0.25, 0.3) is 0 Å². The first-order chi connectivity index (χ1) is 10.7. The van der Waals surface area contributed by atoms with E-state index in [0.29, 0.717) is 16.7 Å². The molecule has 3 rings (SSSR count). The molecule has 0 atom stereocenters. The Bertz CT molecular complexity index is 796. The number of hydrogen-bond acceptors (Lipinski definition) is 5. The van der Waals surface area contributed by atoms with Gasteiger partial charge in [-0.1, -0.05) is 41.6 Å². The standard InChI is InChI=1S/C15H13ClN4OS/c1-11-6-7-13(21-11)8-18-20-10-17-19-15(20)22-9-12-4-2-3-5-14(12)16/h2-8,10H,9H2,1H3/b18-8+. The zero-order valence-electron chi connectivity index (χ0n) is 11.8. The fraction of sp³-hybridized carbons (Fsp3) is 0.133. The van der Waals surface area contributed by atoms with Crippen molar-refractivity contribution in [3.8, 4) is 0 Å². The quantitative estimate of drug-likeness (QED) is 0.523. The summed E-state index contributed by atoms with van der Waals surface area (Å²) in [5.74, 6) is 2.24. The normalized spacial score (nSPS) is 11.4. The minimum atomic E-state index is 0.688. The van der Waals surface area contributed by atoms with Gasteiger partial charge in [0.05, 0.1) is 6.21 Å². The molecule has 0 aliphatic carbocycles. The summed E-state index contributed by atoms with van der Waals surface area (Å²) >= 11 is 7.67. The van der Waals surface area contributed by atoms with Crippen molar-refractivity contribution in [2.75, 3.05) is 0 Å². The topological polar surface area (TPSA) is 56.2 Å². The first-order valence-electron chi connectivity index (χ1n) is 6.59. The molecule has 3 aromatic rings. The van der Waals surface area contributed by atoms with E-state index in [1.807, 2.05) is 43.3 Å². The molecule has 1 aromatic carbocycles. The summed E-state index contributed by atoms with van der Waals surface area (Å²) in [7, 11) is 0. The number of thioether (sulfide) groups is 1. The third-order valence-corrected chi connectivity index (χ3v) is 4.24. The van der Waals surface area contributed by atoms with E-state index in [4.69, 9.17) is 16.0 Å². The van der Waals surface area contributed by atoms with Gasteiger partial charge >= 0.3 is 0 Å². The van der Waals surface area contributed by atoms with Crippen LogP contribution < -0.4 is 0 Å². The molecule has 0 radical (unpaired) electrons. The highest BCUT2D eigenvalue weighted by molar-refractivity contribution is 7.98. The number of benzene rings is 1. The van der Waals surface area contributed by atoms with Gasteiger partial charge in [0, 0.05) is 10.8 Å². The lowest BCUT2D eigenvalue weighted by atomic mass is 10.2. The molecule has 0 bridgehead atoms. The second-order valence-electron chi connectivity index (χ2n) is 4.53. The van der Waals surface area contributed by atoms with Crippen LogP contribution in [0.2, 0.25) is 5.02 Å². The molecule has 0 amide bonds. The summed E-state index contributed by atoms with van der Waals surface area (Å²) in [6.45, 7) is 1.89. The number of rotatable bonds is 5. The van der Waals surface area contributed by atoms with Gasteiger partial charge in [0.1, 0.15) is 17.8 Å². The monoisotopic (exact) mass is 332 g/mol. The molecule has 0 N–H and O–H groups in total. The maximum absolute atomic E-state index is 6.15. The van der Waals surface area contributed by atoms with Crippen LogP contribution in [0.4, 0.5) is 0 Å². The van der Waals surface area contributed by atoms with Gasteiger partial charge in [-0.3, -0.25) is 0 Å². The number of hydrogen-bond donors (Lipinski definition) is 0. The van der Waals surface area contributed by atoms with E-state index in [9.17, 15) is 0 Å². The third-order valence-electron chi connectivity index (χ3n) is 2.89. The molecule has 0 aliphatic heterocycles. The summed E-state index contributed by atoms with van der Waals surface area (Å²) in [6, 6.07) is 11.5. The van der Waals surface area contributed by atoms with Crippen molar-refractivity contribution in [3.63, 3.8) is 0 Å². The summed E-state index contributed by atoms with van der Waals surface area (Å²) in [5, 5.41) is 13.7. The van der Waals surface area contributed by atoms with Crippen LogP contribution in [0.3, 0.4) is 0 Å². The van der Waals surface area contributed by atoms with Crippen molar-refractivity contribution >= 4 is 29.6 Å². The summed E-state index contributed by atoms with van der Waals surface area (Å²) < 4.78 is 7.05. The van der Waals surface area contributed by atoms with Crippen LogP contribution in [0.15, 0.2) is 57.4 Å². The molecule has 0 spiro atoms. The first kappa shape index (κ1) is 14.9. The van der Waals surface area contributed by atoms with Crippen molar-refractivity contribution < 1.29 is 4.42 Å². The van der Waals surface area contributed by atoms with Gasteiger partial charge in [-0.2, -0.15) is 9.78 Å². The van der Waals surface area contributed by atoms with E-state index in [1.54, 1.807) is 17.2 Å². The lowest BCUT2D eigenvalue weighted by Crippen LogP contribution is -1.92. The summed E-state index contributed by atoms with van der Waals surface area (Å²) in [5.41, 5.74) is 1.05. The van der Waals surface area contributed by atoms with Gasteiger partial charge in [-0.25, -0.2) is 0 Å². The molecular formula is C15H13ClN4OS. The molecule has 2 heterocycles. The zero-order valence-corrected chi connectivity index (χ0v) is 13.4. The lowest BCUT2D eigenvalue weighted by molar-refractivity contribution is 0.527. The van der Waals surface area contributed by atoms with Gasteiger partial charge in [-0.15, -0.1) is 10.2 Å². The minimum absolute atomic E-state index is 0.688. The number of aromatic nitrogens is 3. The Morgan fingerprint density at radius 1 is 1.32 bits per heavy atom. The Kier molecular flexibility index (Phi) is 4.60. The summed E-state index contributed by atoms with van der Waals surface area (Å²) in [4.78, 5) is 0. The second-order valence-corrected chi connectivity index (χ2v) is 5.88. The molecule has 7 heteroatoms. The van der Waals surface area contributed by atoms with Gasteiger partial charge in [0.15, 0.2) is 0 Å². The van der Waals surface area contributed by atoms with E-state index < -0.39 is 0 Å². The Morgan fingerprint density at radius 2 is 2.18 bits per heavy atom. The van der Waals surface area contributed by atoms with E-state index in [1.165, 1.54) is 11.8 Å². The average Bonchev–Trinajstić information content (AvgIpc) is 3.13. The van der Waals surface area contributed by atoms with Crippen molar-refractivity contribution in [2.24, 2.45) is 5.10 Å². The van der Waals surface area contributed by atoms with Gasteiger partial charge < -0.3 is 4.42 Å². The molecule has 2 aromatic heterocycles. The zero-order chi connectivity index (χ0) is 15.4. The fourth-order valence-electron chi connectivity index (χ4n) is 1.79. The van der Waals surface area contributed by atoms with Crippen LogP contribution in [-0.2, 0) is 5.75 Å². The molecular weight excluding hydrogens is 320 g/mol. The molecule has 0 fully saturated rings. The minimum Gasteiger partial charge on any atom is -0.460 e. The van der Waals surface area contributed by atoms with Crippen molar-refractivity contribution in [1.29, 1.82) is 0 Å². The van der Waals surface area contributed by atoms with Crippen LogP contribution >= 0.6 is 23.4 Å². The average molecular weight is 333 g/mol. The largest absolute Gasteiger partial charge is 0.460 e. The number of furan rings is 1. The van der Waals surface area contributed by atoms with E-state index in [2.05, 4.69) is 15.3 Å². The van der Waals surface area contributed by atoms with Crippen LogP contribution in [-0.4, -0.2) is 21.1 Å². The maximum Gasteiger partial charge on any atom is 0.212 e. The highest BCUT2D eigenvalue weighted by atomic mass is 35.5. The van der Waals surface area contributed by atoms with E-state index >= 15 is 0 Å². The predicted octanol–water partition coefficient (Wildman–Crippen LogP) is 4.01. The lowest BCUT2D eigenvalue weighted by Gasteiger charge is -2.03. The van der Waals surface area contributed by atoms with Crippen molar-refractivity contribution in [1.82, 2.24) is 14.9 Å². The Balaban J connectivity index is 1.70. The van der Waals surface area contributed by atoms with Crippen LogP contribution in [0.1, 0.15) is 17.1 Å². The molecule has 0 aliphatic rings. The second kappa shape index (κ2) is 6.81. The van der Waals surface area contributed by atoms with E-state index in [0.717, 1.165) is 16.3 Å². The molecule has 112 valence electrons. The third kappa shape index (κ3) is 3.58. The summed E-state index contributed by atoms with van der Waals surface area (Å²) in [6.07, 6.45) is 3.19. The molecule has 0 saturated heterocycles. The first-order valence-corrected chi connectivity index (χ1v) is 7.96. The number of nitrogens with zero attached hydrogens (tertiary/aromatic N) is 4. The maximum atomic E-state index is 6.15. The Morgan fingerprint density at radius 3 is 2.95 bits per heavy atom. The Labute approximate surface area is 137 Å². The SMILES string of the molecule is Cc1ccc(/C=N/n2cnnc2SCc2ccccc2Cl)o1. The Hall–Kier alpha value is -2.05. The molecule has 22 heavy (non-hydrogen) atoms. The fourth-order valence-corrected chi connectivity index (χ4v) is 2.94. The highest BCUT2D eigenvalue weighted by Crippen LogP contribution is 2.25. The van der Waals surface area contributed by atoms with Crippen molar-refractivity contribution in [2.45, 2.75) is 17.8 Å². The van der Waals surface area contributed by atoms with Gasteiger partial charge in [-0.05, 0) is 30.7 Å². The number of aryl methyl sites for hydroxylation is 1. The van der Waals surface area contributed by atoms with Gasteiger partial charge in [0.25, 0.3) is 0 Å². The predicted molar refractivity (Wildman–Crippen MR) is 87.5 cm³/mol. The van der Waals surface area contributed by atoms with Crippen molar-refractivity contribution in [3.05, 3.63) is 64.8 Å². The smallest absolute Gasteiger partial charge is 0.212 e. The number of halogens is 1.